The molecule has 8 heterocycles. The second kappa shape index (κ2) is 19.0. The number of esters is 1. The Hall–Kier alpha value is -6.83. The first-order valence-corrected chi connectivity index (χ1v) is 24.3. The van der Waals surface area contributed by atoms with Crippen molar-refractivity contribution in [3.63, 3.8) is 0 Å². The summed E-state index contributed by atoms with van der Waals surface area (Å²) in [6.07, 6.45) is -9.28. The molecule has 2 bridgehead atoms. The van der Waals surface area contributed by atoms with E-state index >= 15 is 4.79 Å². The van der Waals surface area contributed by atoms with E-state index in [-0.39, 0.29) is 58.5 Å². The molecule has 76 heavy (non-hydrogen) atoms. The number of rotatable bonds is 10. The van der Waals surface area contributed by atoms with Crippen LogP contribution in [0.15, 0.2) is 86.9 Å². The molecule has 0 radical (unpaired) electrons. The number of aliphatic carboxylic acids is 1. The lowest BCUT2D eigenvalue weighted by Gasteiger charge is -2.55. The summed E-state index contributed by atoms with van der Waals surface area (Å²) in [5.74, 6) is -13.6. The number of carboxylic acid groups (broad SMARTS) is 1. The number of aromatic nitrogens is 1. The molecule has 2 aromatic heterocycles. The second-order valence-corrected chi connectivity index (χ2v) is 19.9. The van der Waals surface area contributed by atoms with Gasteiger partial charge in [0.15, 0.2) is 29.1 Å². The molecule has 0 saturated carbocycles. The molecule has 4 aromatic rings. The predicted molar refractivity (Wildman–Crippen MR) is 257 cm³/mol. The molecule has 3 fully saturated rings. The first kappa shape index (κ1) is 52.6. The zero-order chi connectivity index (χ0) is 54.4. The van der Waals surface area contributed by atoms with E-state index in [2.05, 4.69) is 21.5 Å². The van der Waals surface area contributed by atoms with Crippen LogP contribution in [0.4, 0.5) is 0 Å². The van der Waals surface area contributed by atoms with Crippen LogP contribution in [-0.2, 0) is 36.6 Å². The summed E-state index contributed by atoms with van der Waals surface area (Å²) < 4.78 is 31.3. The van der Waals surface area contributed by atoms with Gasteiger partial charge in [0.1, 0.15) is 46.5 Å². The molecule has 16 N–H and O–H groups in total. The summed E-state index contributed by atoms with van der Waals surface area (Å²) in [5, 5.41) is 153. The number of fused-ring (bicyclic) bond motifs is 5. The fourth-order valence-electron chi connectivity index (χ4n) is 11.1. The van der Waals surface area contributed by atoms with Gasteiger partial charge < -0.3 is 100 Å². The van der Waals surface area contributed by atoms with Crippen molar-refractivity contribution in [1.29, 1.82) is 0 Å². The number of piperidine rings is 1. The van der Waals surface area contributed by atoms with Crippen molar-refractivity contribution in [2.75, 3.05) is 19.8 Å². The molecular formula is C52H55N3O21. The third kappa shape index (κ3) is 7.96. The van der Waals surface area contributed by atoms with Gasteiger partial charge in [-0.05, 0) is 73.1 Å². The molecule has 24 nitrogen and oxygen atoms in total. The van der Waals surface area contributed by atoms with Crippen LogP contribution >= 0.6 is 0 Å². The molecule has 24 heteroatoms. The van der Waals surface area contributed by atoms with Crippen molar-refractivity contribution in [3.05, 3.63) is 105 Å². The van der Waals surface area contributed by atoms with Crippen molar-refractivity contribution in [2.24, 2.45) is 5.92 Å². The Morgan fingerprint density at radius 2 is 1.70 bits per heavy atom. The Bertz CT molecular complexity index is 3230. The van der Waals surface area contributed by atoms with Crippen LogP contribution in [-0.4, -0.2) is 168 Å². The molecule has 0 aliphatic carbocycles. The van der Waals surface area contributed by atoms with Gasteiger partial charge in [0.05, 0.1) is 12.6 Å². The monoisotopic (exact) mass is 1060 g/mol. The molecule has 6 aliphatic rings. The minimum absolute atomic E-state index is 0.0203. The van der Waals surface area contributed by atoms with Crippen molar-refractivity contribution in [2.45, 2.75) is 117 Å². The van der Waals surface area contributed by atoms with Crippen LogP contribution < -0.4 is 20.8 Å². The summed E-state index contributed by atoms with van der Waals surface area (Å²) >= 11 is 0. The third-order valence-electron chi connectivity index (χ3n) is 15.3. The Labute approximate surface area is 430 Å². The zero-order valence-corrected chi connectivity index (χ0v) is 40.3. The Balaban J connectivity index is 1.24. The number of hydrogen-bond acceptors (Lipinski definition) is 22. The lowest BCUT2D eigenvalue weighted by molar-refractivity contribution is -0.430. The van der Waals surface area contributed by atoms with E-state index in [1.807, 2.05) is 18.9 Å². The lowest BCUT2D eigenvalue weighted by atomic mass is 9.77. The SMILES string of the molecule is CC1CCNC2NC=C(C3C=C(Cc4ccc[nH]4)C4(Oc5cc6oc(-c7cc(O)c(O)c(CCO)c7)cc(=O)c6c(O)c53)OC3(CC#CC5(C(=O)O)OC(CCCO)(OC3=O)C(O)C(O)C5(O)O)C(O)C(O)C4O)C=C12. The molecule has 12 unspecified atom stereocenters. The van der Waals surface area contributed by atoms with E-state index in [0.29, 0.717) is 17.8 Å². The highest BCUT2D eigenvalue weighted by molar-refractivity contribution is 5.90. The Morgan fingerprint density at radius 3 is 2.41 bits per heavy atom. The zero-order valence-electron chi connectivity index (χ0n) is 40.3. The van der Waals surface area contributed by atoms with Crippen molar-refractivity contribution in [1.82, 2.24) is 15.6 Å². The first-order valence-electron chi connectivity index (χ1n) is 24.3. The number of phenols is 3. The largest absolute Gasteiger partial charge is 0.507 e. The van der Waals surface area contributed by atoms with Crippen LogP contribution in [0.5, 0.6) is 23.0 Å². The fraction of sp³-hybridized carbons (Fsp3) is 0.442. The molecule has 2 aromatic carbocycles. The lowest BCUT2D eigenvalue weighted by Crippen LogP contribution is -2.79. The van der Waals surface area contributed by atoms with E-state index in [1.54, 1.807) is 24.5 Å². The summed E-state index contributed by atoms with van der Waals surface area (Å²) in [5.41, 5.74) is -6.48. The van der Waals surface area contributed by atoms with Gasteiger partial charge in [-0.25, -0.2) is 9.59 Å². The molecule has 0 amide bonds. The minimum atomic E-state index is -3.95. The number of dihydropyridines is 1. The molecule has 2 spiro atoms. The van der Waals surface area contributed by atoms with E-state index < -0.39 is 143 Å². The smallest absolute Gasteiger partial charge is 0.354 e. The van der Waals surface area contributed by atoms with E-state index in [1.165, 1.54) is 12.1 Å². The minimum Gasteiger partial charge on any atom is -0.507 e. The van der Waals surface area contributed by atoms with Gasteiger partial charge in [0.2, 0.25) is 17.2 Å². The number of nitrogens with one attached hydrogen (secondary N) is 3. The number of allylic oxidation sites excluding steroid dienone is 3. The number of aliphatic hydroxyl groups is 9. The number of phenolic OH excluding ortho intramolecular Hbond substituents is 3. The van der Waals surface area contributed by atoms with E-state index in [0.717, 1.165) is 30.2 Å². The van der Waals surface area contributed by atoms with Crippen molar-refractivity contribution < 1.29 is 99.3 Å². The van der Waals surface area contributed by atoms with Gasteiger partial charge in [0.25, 0.3) is 11.4 Å². The Kier molecular flexibility index (Phi) is 13.2. The van der Waals surface area contributed by atoms with Crippen LogP contribution in [0, 0.1) is 17.8 Å². The van der Waals surface area contributed by atoms with Gasteiger partial charge in [-0.15, -0.1) is 0 Å². The number of carbonyl (C=O) groups is 2. The number of hydrogen-bond donors (Lipinski definition) is 16. The van der Waals surface area contributed by atoms with Crippen molar-refractivity contribution >= 4 is 22.9 Å². The highest BCUT2D eigenvalue weighted by Crippen LogP contribution is 2.55. The van der Waals surface area contributed by atoms with Crippen LogP contribution in [0.1, 0.15) is 55.3 Å². The number of benzene rings is 2. The average molecular weight is 1060 g/mol. The summed E-state index contributed by atoms with van der Waals surface area (Å²) in [7, 11) is 0. The average Bonchev–Trinajstić information content (AvgIpc) is 4.07. The molecule has 404 valence electrons. The first-order chi connectivity index (χ1) is 36.1. The molecule has 12 atom stereocenters. The van der Waals surface area contributed by atoms with Gasteiger partial charge in [-0.2, -0.15) is 0 Å². The molecule has 6 aliphatic heterocycles. The second-order valence-electron chi connectivity index (χ2n) is 19.9. The molecular weight excluding hydrogens is 1000 g/mol. The number of aliphatic hydroxyl groups excluding tert-OH is 7. The van der Waals surface area contributed by atoms with Gasteiger partial charge in [0, 0.05) is 84.5 Å². The maximum absolute atomic E-state index is 15.3. The van der Waals surface area contributed by atoms with E-state index in [4.69, 9.17) is 23.4 Å². The number of aromatic hydroxyl groups is 3. The van der Waals surface area contributed by atoms with Gasteiger partial charge in [-0.1, -0.05) is 25.0 Å². The van der Waals surface area contributed by atoms with Crippen molar-refractivity contribution in [3.8, 4) is 46.2 Å². The van der Waals surface area contributed by atoms with E-state index in [9.17, 15) is 76.0 Å². The normalized spacial score (nSPS) is 33.6. The summed E-state index contributed by atoms with van der Waals surface area (Å²) in [4.78, 5) is 45.8. The van der Waals surface area contributed by atoms with Gasteiger partial charge >= 0.3 is 11.9 Å². The fourth-order valence-corrected chi connectivity index (χ4v) is 11.1. The number of ether oxygens (including phenoxy) is 4. The third-order valence-corrected chi connectivity index (χ3v) is 15.3. The standard InChI is InChI=1S/C52H55N3O21/c1-23-6-12-54-45-29(23)16-26(22-55-45)30-19-27(18-28-5-2-11-53-28)51(73-35-21-34-37(39(61)36(30)35)31(58)20-33(72-34)25-15-24(7-14-57)38(60)32(59)17-25)42(64)40(62)41(63)48(75-51)8-3-9-49(46(67)68)52(70,71)44(66)43(65)50(76-49,10-4-13-56)74-47(48)69/h2,5,11,15-17,19-23,30,40-45,53-57,59-66,70-71H,4,6-8,10,12-14,18H2,1H3,(H,67,68). The number of carboxylic acids is 1. The Morgan fingerprint density at radius 1 is 0.921 bits per heavy atom. The molecule has 10 rings (SSSR count). The predicted octanol–water partition coefficient (Wildman–Crippen LogP) is -1.32. The van der Waals surface area contributed by atoms with Crippen LogP contribution in [0.3, 0.4) is 0 Å². The van der Waals surface area contributed by atoms with Gasteiger partial charge in [-0.3, -0.25) is 10.1 Å². The highest BCUT2D eigenvalue weighted by atomic mass is 16.8. The highest BCUT2D eigenvalue weighted by Gasteiger charge is 2.75. The quantitative estimate of drug-likeness (QED) is 0.0288. The van der Waals surface area contributed by atoms with Crippen LogP contribution in [0.25, 0.3) is 22.3 Å². The topological polar surface area (TPSA) is 404 Å². The maximum Gasteiger partial charge on any atom is 0.354 e. The number of aromatic amines is 1. The maximum atomic E-state index is 15.3. The molecule has 3 saturated heterocycles. The number of H-pyrrole nitrogens is 1. The summed E-state index contributed by atoms with van der Waals surface area (Å²) in [6, 6.07) is 7.88. The summed E-state index contributed by atoms with van der Waals surface area (Å²) in [6.45, 7) is 1.54. The number of carbonyl (C=O) groups excluding carboxylic acids is 1. The van der Waals surface area contributed by atoms with Crippen LogP contribution in [0.2, 0.25) is 0 Å².